The zero-order valence-electron chi connectivity index (χ0n) is 8.44. The normalized spacial score (nSPS) is 12.7. The lowest BCUT2D eigenvalue weighted by atomic mass is 10.0. The van der Waals surface area contributed by atoms with Gasteiger partial charge in [-0.1, -0.05) is 0 Å². The number of aromatic hydroxyl groups is 1. The molecule has 18 heavy (non-hydrogen) atoms. The van der Waals surface area contributed by atoms with Gasteiger partial charge in [0.1, 0.15) is 11.9 Å². The maximum absolute atomic E-state index is 12.9. The van der Waals surface area contributed by atoms with Crippen molar-refractivity contribution in [3.8, 4) is 5.75 Å². The number of rotatable bonds is 2. The first kappa shape index (κ1) is 16.4. The fourth-order valence-corrected chi connectivity index (χ4v) is 1.16. The Morgan fingerprint density at radius 1 is 1.39 bits per heavy atom. The van der Waals surface area contributed by atoms with Gasteiger partial charge in [-0.2, -0.15) is 13.2 Å². The summed E-state index contributed by atoms with van der Waals surface area (Å²) in [5, 5.41) is 19.6. The lowest BCUT2D eigenvalue weighted by Crippen LogP contribution is -2.28. The van der Waals surface area contributed by atoms with Crippen LogP contribution >= 0.6 is 12.4 Å². The van der Waals surface area contributed by atoms with Crippen LogP contribution in [0.4, 0.5) is 23.2 Å². The van der Waals surface area contributed by atoms with Crippen LogP contribution in [0.15, 0.2) is 12.1 Å². The number of benzene rings is 1. The molecule has 1 aromatic rings. The van der Waals surface area contributed by atoms with Gasteiger partial charge in [0.15, 0.2) is 5.75 Å². The molecule has 102 valence electrons. The van der Waals surface area contributed by atoms with Crippen molar-refractivity contribution in [2.75, 3.05) is 0 Å². The molecule has 0 aliphatic carbocycles. The Morgan fingerprint density at radius 2 is 1.89 bits per heavy atom. The second-order valence-electron chi connectivity index (χ2n) is 3.14. The predicted molar refractivity (Wildman–Crippen MR) is 55.0 cm³/mol. The highest BCUT2D eigenvalue weighted by atomic mass is 35.5. The van der Waals surface area contributed by atoms with Gasteiger partial charge in [-0.3, -0.25) is 10.1 Å². The summed E-state index contributed by atoms with van der Waals surface area (Å²) in [6.45, 7) is 0. The van der Waals surface area contributed by atoms with E-state index in [0.29, 0.717) is 12.1 Å². The Bertz CT molecular complexity index is 466. The van der Waals surface area contributed by atoms with Gasteiger partial charge in [0.2, 0.25) is 0 Å². The first-order chi connectivity index (χ1) is 7.64. The van der Waals surface area contributed by atoms with Crippen LogP contribution < -0.4 is 5.73 Å². The molecule has 5 nitrogen and oxygen atoms in total. The molecule has 0 aliphatic heterocycles. The largest absolute Gasteiger partial charge is 0.502 e. The Morgan fingerprint density at radius 3 is 2.28 bits per heavy atom. The number of halogens is 5. The molecule has 0 saturated carbocycles. The predicted octanol–water partition coefficient (Wildman–Crippen LogP) is 2.42. The molecular formula is C8H7ClF4N2O3. The zero-order valence-corrected chi connectivity index (χ0v) is 9.26. The second kappa shape index (κ2) is 5.36. The van der Waals surface area contributed by atoms with Gasteiger partial charge in [0.05, 0.1) is 11.0 Å². The summed E-state index contributed by atoms with van der Waals surface area (Å²) in [7, 11) is 0. The van der Waals surface area contributed by atoms with Crippen molar-refractivity contribution in [2.45, 2.75) is 12.2 Å². The van der Waals surface area contributed by atoms with Crippen LogP contribution in [0.25, 0.3) is 0 Å². The number of phenolic OH excluding ortho intramolecular Hbond substituents is 1. The molecular weight excluding hydrogens is 284 g/mol. The van der Waals surface area contributed by atoms with Gasteiger partial charge in [0.25, 0.3) is 0 Å². The summed E-state index contributed by atoms with van der Waals surface area (Å²) in [6, 6.07) is -2.08. The van der Waals surface area contributed by atoms with E-state index < -0.39 is 40.0 Å². The third-order valence-electron chi connectivity index (χ3n) is 1.97. The molecule has 0 saturated heterocycles. The van der Waals surface area contributed by atoms with Crippen molar-refractivity contribution in [1.29, 1.82) is 0 Å². The van der Waals surface area contributed by atoms with Crippen LogP contribution in [-0.4, -0.2) is 16.2 Å². The van der Waals surface area contributed by atoms with E-state index in [-0.39, 0.29) is 12.4 Å². The Balaban J connectivity index is 0.00000289. The van der Waals surface area contributed by atoms with E-state index in [4.69, 9.17) is 5.73 Å². The third-order valence-corrected chi connectivity index (χ3v) is 1.97. The minimum absolute atomic E-state index is 0. The van der Waals surface area contributed by atoms with Crippen molar-refractivity contribution in [3.05, 3.63) is 33.6 Å². The van der Waals surface area contributed by atoms with Crippen molar-refractivity contribution >= 4 is 18.1 Å². The molecule has 0 aliphatic rings. The molecule has 1 aromatic carbocycles. The molecule has 1 atom stereocenters. The Hall–Kier alpha value is -1.61. The molecule has 0 radical (unpaired) electrons. The second-order valence-corrected chi connectivity index (χ2v) is 3.14. The lowest BCUT2D eigenvalue weighted by Gasteiger charge is -2.16. The van der Waals surface area contributed by atoms with Gasteiger partial charge in [-0.25, -0.2) is 4.39 Å². The van der Waals surface area contributed by atoms with Crippen molar-refractivity contribution in [1.82, 2.24) is 0 Å². The first-order valence-electron chi connectivity index (χ1n) is 4.13. The highest BCUT2D eigenvalue weighted by molar-refractivity contribution is 5.85. The summed E-state index contributed by atoms with van der Waals surface area (Å²) in [5.41, 5.74) is 2.49. The first-order valence-corrected chi connectivity index (χ1v) is 4.13. The number of nitrogens with zero attached hydrogens (tertiary/aromatic N) is 1. The molecule has 10 heteroatoms. The van der Waals surface area contributed by atoms with Crippen LogP contribution in [0.1, 0.15) is 11.6 Å². The molecule has 0 heterocycles. The Kier molecular flexibility index (Phi) is 4.88. The van der Waals surface area contributed by atoms with Crippen LogP contribution in [0.5, 0.6) is 5.75 Å². The molecule has 0 aromatic heterocycles. The van der Waals surface area contributed by atoms with E-state index >= 15 is 0 Å². The highest BCUT2D eigenvalue weighted by Crippen LogP contribution is 2.39. The van der Waals surface area contributed by atoms with Crippen LogP contribution in [0, 0.1) is 15.9 Å². The SMILES string of the molecule is Cl.N[C@H](c1cc(F)cc([N+](=O)[O-])c1O)C(F)(F)F. The lowest BCUT2D eigenvalue weighted by molar-refractivity contribution is -0.386. The number of nitrogens with two attached hydrogens (primary N) is 1. The molecule has 0 fully saturated rings. The van der Waals surface area contributed by atoms with Gasteiger partial charge >= 0.3 is 11.9 Å². The number of phenols is 1. The topological polar surface area (TPSA) is 89.4 Å². The van der Waals surface area contributed by atoms with E-state index in [0.717, 1.165) is 0 Å². The van der Waals surface area contributed by atoms with E-state index in [1.54, 1.807) is 0 Å². The summed E-state index contributed by atoms with van der Waals surface area (Å²) >= 11 is 0. The molecule has 0 amide bonds. The minimum atomic E-state index is -4.95. The van der Waals surface area contributed by atoms with Crippen LogP contribution in [0.2, 0.25) is 0 Å². The number of nitro benzene ring substituents is 1. The molecule has 0 bridgehead atoms. The van der Waals surface area contributed by atoms with Crippen molar-refractivity contribution in [2.24, 2.45) is 5.73 Å². The fraction of sp³-hybridized carbons (Fsp3) is 0.250. The summed E-state index contributed by atoms with van der Waals surface area (Å²) in [5.74, 6) is -2.58. The maximum atomic E-state index is 12.9. The minimum Gasteiger partial charge on any atom is -0.502 e. The quantitative estimate of drug-likeness (QED) is 0.497. The van der Waals surface area contributed by atoms with E-state index in [9.17, 15) is 32.8 Å². The van der Waals surface area contributed by atoms with Gasteiger partial charge in [-0.15, -0.1) is 12.4 Å². The molecule has 0 spiro atoms. The Labute approximate surface area is 104 Å². The van der Waals surface area contributed by atoms with E-state index in [2.05, 4.69) is 0 Å². The molecule has 0 unspecified atom stereocenters. The van der Waals surface area contributed by atoms with E-state index in [1.165, 1.54) is 0 Å². The standard InChI is InChI=1S/C8H6F4N2O3.ClH/c9-3-1-4(7(13)8(10,11)12)6(15)5(2-3)14(16)17;/h1-2,7,15H,13H2;1H/t7-;/m1./s1. The summed E-state index contributed by atoms with van der Waals surface area (Å²) in [4.78, 5) is 9.15. The number of nitro groups is 1. The maximum Gasteiger partial charge on any atom is 0.407 e. The number of hydrogen-bond donors (Lipinski definition) is 2. The third kappa shape index (κ3) is 3.20. The average molecular weight is 291 g/mol. The number of alkyl halides is 3. The fourth-order valence-electron chi connectivity index (χ4n) is 1.16. The zero-order chi connectivity index (χ0) is 13.4. The van der Waals surface area contributed by atoms with Gasteiger partial charge < -0.3 is 10.8 Å². The molecule has 1 rings (SSSR count). The average Bonchev–Trinajstić information content (AvgIpc) is 2.18. The summed E-state index contributed by atoms with van der Waals surface area (Å²) in [6.07, 6.45) is -4.95. The van der Waals surface area contributed by atoms with Crippen LogP contribution in [-0.2, 0) is 0 Å². The monoisotopic (exact) mass is 290 g/mol. The smallest absolute Gasteiger partial charge is 0.407 e. The van der Waals surface area contributed by atoms with Crippen molar-refractivity contribution in [3.63, 3.8) is 0 Å². The highest BCUT2D eigenvalue weighted by Gasteiger charge is 2.41. The summed E-state index contributed by atoms with van der Waals surface area (Å²) < 4.78 is 49.6. The van der Waals surface area contributed by atoms with E-state index in [1.807, 2.05) is 0 Å². The van der Waals surface area contributed by atoms with Gasteiger partial charge in [-0.05, 0) is 6.07 Å². The van der Waals surface area contributed by atoms with Gasteiger partial charge in [0, 0.05) is 5.56 Å². The molecule has 3 N–H and O–H groups in total. The van der Waals surface area contributed by atoms with Crippen LogP contribution in [0.3, 0.4) is 0 Å². The number of hydrogen-bond acceptors (Lipinski definition) is 4. The van der Waals surface area contributed by atoms with Crippen molar-refractivity contribution < 1.29 is 27.6 Å².